The molecule has 0 bridgehead atoms. The Morgan fingerprint density at radius 2 is 1.87 bits per heavy atom. The fourth-order valence-corrected chi connectivity index (χ4v) is 3.58. The minimum absolute atomic E-state index is 0. The zero-order chi connectivity index (χ0) is 15.9. The van der Waals surface area contributed by atoms with Crippen molar-refractivity contribution in [2.75, 3.05) is 26.2 Å². The van der Waals surface area contributed by atoms with Crippen LogP contribution in [0.15, 0.2) is 4.99 Å². The molecule has 1 aliphatic heterocycles. The highest BCUT2D eigenvalue weighted by atomic mass is 127. The zero-order valence-electron chi connectivity index (χ0n) is 14.7. The Kier molecular flexibility index (Phi) is 9.24. The number of likely N-dealkylation sites (tertiary alicyclic amines) is 1. The van der Waals surface area contributed by atoms with Gasteiger partial charge in [0.15, 0.2) is 5.96 Å². The van der Waals surface area contributed by atoms with E-state index < -0.39 is 0 Å². The Hall–Kier alpha value is -0.530. The number of carbonyl (C=O) groups excluding carboxylic acids is 1. The number of halogens is 1. The monoisotopic (exact) mass is 437 g/mol. The van der Waals surface area contributed by atoms with E-state index in [4.69, 9.17) is 4.74 Å². The highest BCUT2D eigenvalue weighted by molar-refractivity contribution is 14.0. The molecule has 1 saturated carbocycles. The minimum atomic E-state index is -0.162. The Labute approximate surface area is 157 Å². The Bertz CT molecular complexity index is 387. The number of nitrogens with one attached hydrogen (secondary N) is 1. The molecule has 6 heteroatoms. The van der Waals surface area contributed by atoms with Crippen LogP contribution in [0.25, 0.3) is 0 Å². The standard InChI is InChI=1S/C17H31N3O2.HI/c1-4-18-17(19-10-9-16(21)22-13(2)3)20-11-14-7-5-6-8-15(14)12-20;/h13-15H,4-12H2,1-3H3,(H,18,19);1H. The van der Waals surface area contributed by atoms with Gasteiger partial charge in [-0.15, -0.1) is 24.0 Å². The summed E-state index contributed by atoms with van der Waals surface area (Å²) in [4.78, 5) is 18.6. The predicted molar refractivity (Wildman–Crippen MR) is 104 cm³/mol. The van der Waals surface area contributed by atoms with Crippen molar-refractivity contribution >= 4 is 35.9 Å². The van der Waals surface area contributed by atoms with Crippen molar-refractivity contribution in [3.8, 4) is 0 Å². The molecule has 5 nitrogen and oxygen atoms in total. The molecule has 0 aromatic heterocycles. The third kappa shape index (κ3) is 6.47. The fourth-order valence-electron chi connectivity index (χ4n) is 3.58. The van der Waals surface area contributed by atoms with E-state index in [0.29, 0.717) is 13.0 Å². The van der Waals surface area contributed by atoms with Crippen molar-refractivity contribution in [2.24, 2.45) is 16.8 Å². The van der Waals surface area contributed by atoms with E-state index in [1.807, 2.05) is 13.8 Å². The van der Waals surface area contributed by atoms with Gasteiger partial charge in [0.05, 0.1) is 19.1 Å². The summed E-state index contributed by atoms with van der Waals surface area (Å²) in [5, 5.41) is 3.37. The molecule has 134 valence electrons. The summed E-state index contributed by atoms with van der Waals surface area (Å²) in [5.41, 5.74) is 0. The number of guanidine groups is 1. The summed E-state index contributed by atoms with van der Waals surface area (Å²) < 4.78 is 5.15. The molecule has 0 spiro atoms. The molecule has 1 heterocycles. The van der Waals surface area contributed by atoms with Gasteiger partial charge in [0.25, 0.3) is 0 Å². The van der Waals surface area contributed by atoms with Crippen LogP contribution in [-0.2, 0) is 9.53 Å². The van der Waals surface area contributed by atoms with Crippen LogP contribution in [0, 0.1) is 11.8 Å². The van der Waals surface area contributed by atoms with Gasteiger partial charge in [0, 0.05) is 19.6 Å². The number of aliphatic imine (C=N–C) groups is 1. The Morgan fingerprint density at radius 1 is 1.26 bits per heavy atom. The fraction of sp³-hybridized carbons (Fsp3) is 0.882. The molecular formula is C17H32IN3O2. The third-order valence-electron chi connectivity index (χ3n) is 4.56. The van der Waals surface area contributed by atoms with Crippen LogP contribution >= 0.6 is 24.0 Å². The highest BCUT2D eigenvalue weighted by Gasteiger charge is 2.35. The number of hydrogen-bond acceptors (Lipinski definition) is 3. The zero-order valence-corrected chi connectivity index (χ0v) is 17.0. The topological polar surface area (TPSA) is 53.9 Å². The van der Waals surface area contributed by atoms with E-state index in [9.17, 15) is 4.79 Å². The molecule has 2 atom stereocenters. The van der Waals surface area contributed by atoms with Gasteiger partial charge < -0.3 is 15.0 Å². The van der Waals surface area contributed by atoms with Gasteiger partial charge in [-0.1, -0.05) is 12.8 Å². The quantitative estimate of drug-likeness (QED) is 0.311. The number of fused-ring (bicyclic) bond motifs is 1. The SMILES string of the molecule is CCNC(=NCCC(=O)OC(C)C)N1CC2CCCCC2C1.I. The number of rotatable bonds is 5. The maximum Gasteiger partial charge on any atom is 0.307 e. The molecule has 0 radical (unpaired) electrons. The van der Waals surface area contributed by atoms with E-state index >= 15 is 0 Å². The van der Waals surface area contributed by atoms with E-state index in [2.05, 4.69) is 22.1 Å². The maximum absolute atomic E-state index is 11.6. The summed E-state index contributed by atoms with van der Waals surface area (Å²) in [6.45, 7) is 9.43. The average molecular weight is 437 g/mol. The number of esters is 1. The van der Waals surface area contributed by atoms with E-state index in [1.165, 1.54) is 25.7 Å². The van der Waals surface area contributed by atoms with Gasteiger partial charge in [0.2, 0.25) is 0 Å². The second kappa shape index (κ2) is 10.4. The van der Waals surface area contributed by atoms with Gasteiger partial charge >= 0.3 is 5.97 Å². The van der Waals surface area contributed by atoms with Crippen molar-refractivity contribution in [1.29, 1.82) is 0 Å². The van der Waals surface area contributed by atoms with E-state index in [1.54, 1.807) is 0 Å². The minimum Gasteiger partial charge on any atom is -0.463 e. The van der Waals surface area contributed by atoms with Crippen molar-refractivity contribution in [2.45, 2.75) is 59.0 Å². The second-order valence-corrected chi connectivity index (χ2v) is 6.73. The Morgan fingerprint density at radius 3 is 2.39 bits per heavy atom. The van der Waals surface area contributed by atoms with Gasteiger partial charge in [0.1, 0.15) is 0 Å². The van der Waals surface area contributed by atoms with Crippen molar-refractivity contribution < 1.29 is 9.53 Å². The summed E-state index contributed by atoms with van der Waals surface area (Å²) in [7, 11) is 0. The molecule has 0 aromatic rings. The van der Waals surface area contributed by atoms with Crippen LogP contribution in [-0.4, -0.2) is 49.1 Å². The molecule has 0 amide bonds. The second-order valence-electron chi connectivity index (χ2n) is 6.73. The average Bonchev–Trinajstić information content (AvgIpc) is 2.89. The normalized spacial score (nSPS) is 24.2. The van der Waals surface area contributed by atoms with Crippen LogP contribution in [0.1, 0.15) is 52.9 Å². The summed E-state index contributed by atoms with van der Waals surface area (Å²) in [6.07, 6.45) is 5.79. The van der Waals surface area contributed by atoms with Gasteiger partial charge in [-0.05, 0) is 45.4 Å². The van der Waals surface area contributed by atoms with Crippen LogP contribution in [0.4, 0.5) is 0 Å². The molecule has 1 saturated heterocycles. The highest BCUT2D eigenvalue weighted by Crippen LogP contribution is 2.35. The molecule has 0 aromatic carbocycles. The lowest BCUT2D eigenvalue weighted by atomic mass is 9.82. The van der Waals surface area contributed by atoms with Crippen molar-refractivity contribution in [3.05, 3.63) is 0 Å². The molecule has 1 aliphatic carbocycles. The molecular weight excluding hydrogens is 405 g/mol. The molecule has 2 fully saturated rings. The predicted octanol–water partition coefficient (Wildman–Crippen LogP) is 3.03. The Balaban J connectivity index is 0.00000264. The van der Waals surface area contributed by atoms with Gasteiger partial charge in [-0.3, -0.25) is 9.79 Å². The third-order valence-corrected chi connectivity index (χ3v) is 4.56. The smallest absolute Gasteiger partial charge is 0.307 e. The van der Waals surface area contributed by atoms with Crippen LogP contribution in [0.2, 0.25) is 0 Å². The molecule has 1 N–H and O–H groups in total. The lowest BCUT2D eigenvalue weighted by molar-refractivity contribution is -0.147. The lowest BCUT2D eigenvalue weighted by Gasteiger charge is -2.22. The first kappa shape index (κ1) is 20.5. The first-order chi connectivity index (χ1) is 10.6. The lowest BCUT2D eigenvalue weighted by Crippen LogP contribution is -2.40. The number of hydrogen-bond donors (Lipinski definition) is 1. The molecule has 23 heavy (non-hydrogen) atoms. The largest absolute Gasteiger partial charge is 0.463 e. The number of nitrogens with zero attached hydrogens (tertiary/aromatic N) is 2. The van der Waals surface area contributed by atoms with E-state index in [0.717, 1.165) is 37.4 Å². The van der Waals surface area contributed by atoms with Gasteiger partial charge in [-0.25, -0.2) is 0 Å². The number of ether oxygens (including phenoxy) is 1. The molecule has 2 unspecified atom stereocenters. The maximum atomic E-state index is 11.6. The summed E-state index contributed by atoms with van der Waals surface area (Å²) >= 11 is 0. The number of carbonyl (C=O) groups is 1. The molecule has 2 aliphatic rings. The van der Waals surface area contributed by atoms with E-state index in [-0.39, 0.29) is 36.0 Å². The van der Waals surface area contributed by atoms with Crippen LogP contribution in [0.3, 0.4) is 0 Å². The van der Waals surface area contributed by atoms with Gasteiger partial charge in [-0.2, -0.15) is 0 Å². The van der Waals surface area contributed by atoms with Crippen LogP contribution in [0.5, 0.6) is 0 Å². The summed E-state index contributed by atoms with van der Waals surface area (Å²) in [5.74, 6) is 2.48. The summed E-state index contributed by atoms with van der Waals surface area (Å²) in [6, 6.07) is 0. The van der Waals surface area contributed by atoms with Crippen molar-refractivity contribution in [3.63, 3.8) is 0 Å². The van der Waals surface area contributed by atoms with Crippen molar-refractivity contribution in [1.82, 2.24) is 10.2 Å². The molecule has 2 rings (SSSR count). The first-order valence-electron chi connectivity index (χ1n) is 8.83. The van der Waals surface area contributed by atoms with Crippen LogP contribution < -0.4 is 5.32 Å². The first-order valence-corrected chi connectivity index (χ1v) is 8.83.